The van der Waals surface area contributed by atoms with Gasteiger partial charge < -0.3 is 15.0 Å². The van der Waals surface area contributed by atoms with Crippen LogP contribution in [0.5, 0.6) is 5.75 Å². The van der Waals surface area contributed by atoms with Crippen molar-refractivity contribution in [2.75, 3.05) is 20.1 Å². The zero-order valence-corrected chi connectivity index (χ0v) is 12.2. The Morgan fingerprint density at radius 2 is 2.21 bits per heavy atom. The van der Waals surface area contributed by atoms with Crippen molar-refractivity contribution >= 4 is 5.96 Å². The van der Waals surface area contributed by atoms with E-state index in [9.17, 15) is 0 Å². The standard InChI is InChI=1S/C15H23N3O/c1-11(2)19-14-9-12(3)5-6-13(14)10-17-15-16-7-8-18(15)4/h5-6,9,11H,7-8,10H2,1-4H3,(H,16,17). The van der Waals surface area contributed by atoms with Crippen molar-refractivity contribution < 1.29 is 4.74 Å². The van der Waals surface area contributed by atoms with Crippen molar-refractivity contribution in [3.8, 4) is 5.75 Å². The fourth-order valence-corrected chi connectivity index (χ4v) is 2.07. The summed E-state index contributed by atoms with van der Waals surface area (Å²) in [7, 11) is 2.06. The molecule has 1 aromatic rings. The number of aryl methyl sites for hydroxylation is 1. The third kappa shape index (κ3) is 3.63. The van der Waals surface area contributed by atoms with E-state index in [-0.39, 0.29) is 6.10 Å². The van der Waals surface area contributed by atoms with Crippen LogP contribution < -0.4 is 10.1 Å². The molecule has 0 radical (unpaired) electrons. The van der Waals surface area contributed by atoms with Gasteiger partial charge >= 0.3 is 0 Å². The van der Waals surface area contributed by atoms with Crippen LogP contribution in [0.15, 0.2) is 23.2 Å². The fourth-order valence-electron chi connectivity index (χ4n) is 2.07. The number of aliphatic imine (C=N–C) groups is 1. The molecule has 1 aliphatic rings. The summed E-state index contributed by atoms with van der Waals surface area (Å²) in [4.78, 5) is 6.57. The van der Waals surface area contributed by atoms with E-state index < -0.39 is 0 Å². The molecule has 0 atom stereocenters. The van der Waals surface area contributed by atoms with Gasteiger partial charge in [0.1, 0.15) is 5.75 Å². The number of rotatable bonds is 4. The van der Waals surface area contributed by atoms with Gasteiger partial charge in [-0.25, -0.2) is 0 Å². The average Bonchev–Trinajstić information content (AvgIpc) is 2.73. The smallest absolute Gasteiger partial charge is 0.194 e. The monoisotopic (exact) mass is 261 g/mol. The lowest BCUT2D eigenvalue weighted by atomic mass is 10.1. The van der Waals surface area contributed by atoms with Crippen LogP contribution in [0.25, 0.3) is 0 Å². The van der Waals surface area contributed by atoms with Gasteiger partial charge in [-0.15, -0.1) is 0 Å². The minimum atomic E-state index is 0.187. The SMILES string of the molecule is Cc1ccc(CNC2=NCCN2C)c(OC(C)C)c1. The molecule has 0 amide bonds. The van der Waals surface area contributed by atoms with Crippen LogP contribution >= 0.6 is 0 Å². The molecule has 0 aromatic heterocycles. The van der Waals surface area contributed by atoms with Gasteiger partial charge in [-0.1, -0.05) is 12.1 Å². The first-order valence-corrected chi connectivity index (χ1v) is 6.82. The number of nitrogens with one attached hydrogen (secondary N) is 1. The Hall–Kier alpha value is -1.71. The van der Waals surface area contributed by atoms with Gasteiger partial charge in [0.2, 0.25) is 0 Å². The molecule has 1 aromatic carbocycles. The molecule has 104 valence electrons. The summed E-state index contributed by atoms with van der Waals surface area (Å²) in [5, 5.41) is 3.38. The molecule has 0 unspecified atom stereocenters. The van der Waals surface area contributed by atoms with E-state index in [4.69, 9.17) is 4.74 Å². The molecule has 1 heterocycles. The summed E-state index contributed by atoms with van der Waals surface area (Å²) < 4.78 is 5.87. The van der Waals surface area contributed by atoms with Crippen molar-refractivity contribution in [3.63, 3.8) is 0 Å². The van der Waals surface area contributed by atoms with Gasteiger partial charge in [0.05, 0.1) is 12.6 Å². The highest BCUT2D eigenvalue weighted by Gasteiger charge is 2.13. The van der Waals surface area contributed by atoms with Crippen molar-refractivity contribution in [1.82, 2.24) is 10.2 Å². The third-order valence-electron chi connectivity index (χ3n) is 3.08. The molecule has 0 saturated heterocycles. The topological polar surface area (TPSA) is 36.9 Å². The number of ether oxygens (including phenoxy) is 1. The van der Waals surface area contributed by atoms with E-state index in [1.54, 1.807) is 0 Å². The molecule has 0 saturated carbocycles. The normalized spacial score (nSPS) is 14.8. The largest absolute Gasteiger partial charge is 0.491 e. The van der Waals surface area contributed by atoms with Crippen LogP contribution in [0.4, 0.5) is 0 Å². The van der Waals surface area contributed by atoms with Crippen molar-refractivity contribution in [1.29, 1.82) is 0 Å². The molecule has 4 nitrogen and oxygen atoms in total. The van der Waals surface area contributed by atoms with Crippen LogP contribution in [-0.4, -0.2) is 37.1 Å². The van der Waals surface area contributed by atoms with Crippen molar-refractivity contribution in [2.45, 2.75) is 33.4 Å². The number of nitrogens with zero attached hydrogens (tertiary/aromatic N) is 2. The van der Waals surface area contributed by atoms with E-state index >= 15 is 0 Å². The fraction of sp³-hybridized carbons (Fsp3) is 0.533. The first-order valence-electron chi connectivity index (χ1n) is 6.82. The summed E-state index contributed by atoms with van der Waals surface area (Å²) in [6, 6.07) is 6.33. The van der Waals surface area contributed by atoms with E-state index in [1.807, 2.05) is 13.8 Å². The van der Waals surface area contributed by atoms with Gasteiger partial charge in [-0.2, -0.15) is 0 Å². The molecular formula is C15H23N3O. The second-order valence-corrected chi connectivity index (χ2v) is 5.26. The highest BCUT2D eigenvalue weighted by atomic mass is 16.5. The summed E-state index contributed by atoms with van der Waals surface area (Å²) >= 11 is 0. The van der Waals surface area contributed by atoms with Crippen molar-refractivity contribution in [3.05, 3.63) is 29.3 Å². The lowest BCUT2D eigenvalue weighted by Gasteiger charge is -2.18. The van der Waals surface area contributed by atoms with Gasteiger partial charge in [0, 0.05) is 25.7 Å². The van der Waals surface area contributed by atoms with Crippen LogP contribution in [0.1, 0.15) is 25.0 Å². The van der Waals surface area contributed by atoms with E-state index in [2.05, 4.69) is 47.4 Å². The average molecular weight is 261 g/mol. The Labute approximate surface area is 115 Å². The number of guanidine groups is 1. The minimum absolute atomic E-state index is 0.187. The maximum absolute atomic E-state index is 5.87. The zero-order chi connectivity index (χ0) is 13.8. The lowest BCUT2D eigenvalue weighted by molar-refractivity contribution is 0.239. The molecule has 0 fully saturated rings. The second kappa shape index (κ2) is 5.95. The minimum Gasteiger partial charge on any atom is -0.491 e. The quantitative estimate of drug-likeness (QED) is 0.902. The van der Waals surface area contributed by atoms with Crippen LogP contribution in [0, 0.1) is 6.92 Å². The molecule has 2 rings (SSSR count). The first-order chi connectivity index (χ1) is 9.06. The Morgan fingerprint density at radius 3 is 2.84 bits per heavy atom. The second-order valence-electron chi connectivity index (χ2n) is 5.26. The predicted octanol–water partition coefficient (Wildman–Crippen LogP) is 2.17. The van der Waals surface area contributed by atoms with Gasteiger partial charge in [-0.3, -0.25) is 4.99 Å². The highest BCUT2D eigenvalue weighted by Crippen LogP contribution is 2.21. The van der Waals surface area contributed by atoms with Gasteiger partial charge in [0.25, 0.3) is 0 Å². The lowest BCUT2D eigenvalue weighted by Crippen LogP contribution is -2.35. The molecule has 0 spiro atoms. The Bertz CT molecular complexity index is 468. The molecule has 19 heavy (non-hydrogen) atoms. The highest BCUT2D eigenvalue weighted by molar-refractivity contribution is 5.81. The predicted molar refractivity (Wildman–Crippen MR) is 78.7 cm³/mol. The Kier molecular flexibility index (Phi) is 4.30. The number of likely N-dealkylation sites (N-methyl/N-ethyl adjacent to an activating group) is 1. The number of hydrogen-bond donors (Lipinski definition) is 1. The maximum atomic E-state index is 5.87. The number of hydrogen-bond acceptors (Lipinski definition) is 4. The van der Waals surface area contributed by atoms with E-state index in [0.717, 1.165) is 31.3 Å². The summed E-state index contributed by atoms with van der Waals surface area (Å²) in [6.45, 7) is 8.79. The maximum Gasteiger partial charge on any atom is 0.194 e. The molecule has 4 heteroatoms. The molecule has 0 aliphatic carbocycles. The van der Waals surface area contributed by atoms with Gasteiger partial charge in [0.15, 0.2) is 5.96 Å². The summed E-state index contributed by atoms with van der Waals surface area (Å²) in [6.07, 6.45) is 0.187. The van der Waals surface area contributed by atoms with Crippen molar-refractivity contribution in [2.24, 2.45) is 4.99 Å². The molecule has 0 bridgehead atoms. The van der Waals surface area contributed by atoms with E-state index in [0.29, 0.717) is 0 Å². The zero-order valence-electron chi connectivity index (χ0n) is 12.2. The van der Waals surface area contributed by atoms with Crippen LogP contribution in [0.3, 0.4) is 0 Å². The van der Waals surface area contributed by atoms with Crippen LogP contribution in [0.2, 0.25) is 0 Å². The number of benzene rings is 1. The third-order valence-corrected chi connectivity index (χ3v) is 3.08. The van der Waals surface area contributed by atoms with Gasteiger partial charge in [-0.05, 0) is 32.4 Å². The Morgan fingerprint density at radius 1 is 1.42 bits per heavy atom. The summed E-state index contributed by atoms with van der Waals surface area (Å²) in [5.74, 6) is 1.93. The summed E-state index contributed by atoms with van der Waals surface area (Å²) in [5.41, 5.74) is 2.39. The molecule has 1 aliphatic heterocycles. The Balaban J connectivity index is 2.06. The first kappa shape index (κ1) is 13.7. The molecular weight excluding hydrogens is 238 g/mol. The molecule has 1 N–H and O–H groups in total. The van der Waals surface area contributed by atoms with Crippen LogP contribution in [-0.2, 0) is 6.54 Å². The van der Waals surface area contributed by atoms with E-state index in [1.165, 1.54) is 11.1 Å².